The average Bonchev–Trinajstić information content (AvgIpc) is 2.78. The van der Waals surface area contributed by atoms with Crippen LogP contribution in [0.4, 0.5) is 0 Å². The molecule has 0 saturated carbocycles. The largest absolute Gasteiger partial charge is 0.497 e. The number of amides is 1. The first-order valence-electron chi connectivity index (χ1n) is 9.11. The Labute approximate surface area is 180 Å². The van der Waals surface area contributed by atoms with Gasteiger partial charge in [-0.15, -0.1) is 0 Å². The highest BCUT2D eigenvalue weighted by Gasteiger charge is 2.09. The van der Waals surface area contributed by atoms with E-state index < -0.39 is 0 Å². The Hall–Kier alpha value is -3.51. The van der Waals surface area contributed by atoms with E-state index in [2.05, 4.69) is 10.5 Å². The fourth-order valence-electron chi connectivity index (χ4n) is 2.61. The van der Waals surface area contributed by atoms with Crippen LogP contribution in [0.25, 0.3) is 0 Å². The molecule has 1 N–H and O–H groups in total. The number of rotatable bonds is 8. The molecule has 0 heterocycles. The van der Waals surface area contributed by atoms with Crippen LogP contribution < -0.4 is 19.6 Å². The number of halogens is 1. The second-order valence-corrected chi connectivity index (χ2v) is 6.72. The molecule has 30 heavy (non-hydrogen) atoms. The number of hydrogen-bond acceptors (Lipinski definition) is 5. The van der Waals surface area contributed by atoms with Crippen LogP contribution >= 0.6 is 11.6 Å². The van der Waals surface area contributed by atoms with Gasteiger partial charge >= 0.3 is 0 Å². The van der Waals surface area contributed by atoms with Crippen LogP contribution in [0.2, 0.25) is 5.02 Å². The predicted molar refractivity (Wildman–Crippen MR) is 117 cm³/mol. The summed E-state index contributed by atoms with van der Waals surface area (Å²) < 4.78 is 16.1. The van der Waals surface area contributed by atoms with E-state index in [1.54, 1.807) is 24.4 Å². The third-order valence-electron chi connectivity index (χ3n) is 4.17. The van der Waals surface area contributed by atoms with E-state index in [1.165, 1.54) is 14.2 Å². The maximum absolute atomic E-state index is 12.3. The zero-order valence-electron chi connectivity index (χ0n) is 16.6. The number of methoxy groups -OCH3 is 2. The molecule has 3 aromatic rings. The molecule has 7 heteroatoms. The van der Waals surface area contributed by atoms with Crippen LogP contribution in [-0.4, -0.2) is 26.3 Å². The maximum atomic E-state index is 12.3. The summed E-state index contributed by atoms with van der Waals surface area (Å²) in [6, 6.07) is 19.8. The van der Waals surface area contributed by atoms with E-state index in [0.29, 0.717) is 28.7 Å². The third kappa shape index (κ3) is 5.99. The highest BCUT2D eigenvalue weighted by molar-refractivity contribution is 6.30. The van der Waals surface area contributed by atoms with Crippen molar-refractivity contribution in [3.8, 4) is 17.2 Å². The lowest BCUT2D eigenvalue weighted by atomic mass is 10.2. The first kappa shape index (κ1) is 21.2. The number of carbonyl (C=O) groups is 1. The van der Waals surface area contributed by atoms with Gasteiger partial charge in [-0.1, -0.05) is 23.7 Å². The number of hydrogen-bond donors (Lipinski definition) is 1. The van der Waals surface area contributed by atoms with Crippen LogP contribution in [0.15, 0.2) is 71.8 Å². The molecule has 0 aliphatic heterocycles. The van der Waals surface area contributed by atoms with Crippen molar-refractivity contribution in [2.24, 2.45) is 5.10 Å². The molecular formula is C23H21ClN2O4. The van der Waals surface area contributed by atoms with Gasteiger partial charge in [0.2, 0.25) is 0 Å². The number of nitrogens with zero attached hydrogens (tertiary/aromatic N) is 1. The van der Waals surface area contributed by atoms with Crippen molar-refractivity contribution in [2.75, 3.05) is 14.2 Å². The highest BCUT2D eigenvalue weighted by atomic mass is 35.5. The van der Waals surface area contributed by atoms with Crippen molar-refractivity contribution in [3.05, 3.63) is 88.4 Å². The second kappa shape index (κ2) is 10.3. The van der Waals surface area contributed by atoms with Gasteiger partial charge < -0.3 is 14.2 Å². The Morgan fingerprint density at radius 1 is 0.967 bits per heavy atom. The van der Waals surface area contributed by atoms with Gasteiger partial charge in [-0.3, -0.25) is 4.79 Å². The zero-order chi connectivity index (χ0) is 21.3. The summed E-state index contributed by atoms with van der Waals surface area (Å²) in [5.74, 6) is 1.40. The van der Waals surface area contributed by atoms with Gasteiger partial charge in [0.05, 0.1) is 20.4 Å². The molecule has 0 saturated heterocycles. The monoisotopic (exact) mass is 424 g/mol. The van der Waals surface area contributed by atoms with E-state index in [0.717, 1.165) is 16.9 Å². The molecule has 0 atom stereocenters. The van der Waals surface area contributed by atoms with Crippen LogP contribution in [-0.2, 0) is 6.61 Å². The van der Waals surface area contributed by atoms with Gasteiger partial charge in [0, 0.05) is 16.7 Å². The fraction of sp³-hybridized carbons (Fsp3) is 0.130. The molecular weight excluding hydrogens is 404 g/mol. The molecule has 0 aromatic heterocycles. The normalized spacial score (nSPS) is 10.6. The van der Waals surface area contributed by atoms with Crippen LogP contribution in [0.5, 0.6) is 17.2 Å². The molecule has 0 spiro atoms. The molecule has 0 unspecified atom stereocenters. The number of nitrogens with one attached hydrogen (secondary N) is 1. The molecule has 0 aliphatic carbocycles. The highest BCUT2D eigenvalue weighted by Crippen LogP contribution is 2.22. The first-order chi connectivity index (χ1) is 14.6. The van der Waals surface area contributed by atoms with Crippen molar-refractivity contribution in [3.63, 3.8) is 0 Å². The lowest BCUT2D eigenvalue weighted by Crippen LogP contribution is -2.17. The Morgan fingerprint density at radius 2 is 1.67 bits per heavy atom. The Balaban J connectivity index is 1.55. The van der Waals surface area contributed by atoms with Gasteiger partial charge in [0.25, 0.3) is 5.91 Å². The van der Waals surface area contributed by atoms with Gasteiger partial charge in [-0.25, -0.2) is 5.43 Å². The van der Waals surface area contributed by atoms with Crippen molar-refractivity contribution < 1.29 is 19.0 Å². The first-order valence-corrected chi connectivity index (χ1v) is 9.49. The van der Waals surface area contributed by atoms with Crippen LogP contribution in [0.3, 0.4) is 0 Å². The van der Waals surface area contributed by atoms with Crippen molar-refractivity contribution in [1.29, 1.82) is 0 Å². The molecule has 3 aromatic carbocycles. The summed E-state index contributed by atoms with van der Waals surface area (Å²) in [6.07, 6.45) is 1.55. The van der Waals surface area contributed by atoms with Gasteiger partial charge in [-0.2, -0.15) is 5.10 Å². The fourth-order valence-corrected chi connectivity index (χ4v) is 2.82. The number of hydrazone groups is 1. The topological polar surface area (TPSA) is 69.2 Å². The van der Waals surface area contributed by atoms with Gasteiger partial charge in [-0.05, 0) is 59.7 Å². The smallest absolute Gasteiger partial charge is 0.271 e. The Kier molecular flexibility index (Phi) is 7.29. The van der Waals surface area contributed by atoms with E-state index in [9.17, 15) is 4.79 Å². The van der Waals surface area contributed by atoms with E-state index >= 15 is 0 Å². The number of carbonyl (C=O) groups excluding carboxylic acids is 1. The summed E-state index contributed by atoms with van der Waals surface area (Å²) in [5, 5.41) is 4.68. The van der Waals surface area contributed by atoms with Crippen molar-refractivity contribution in [1.82, 2.24) is 5.43 Å². The summed E-state index contributed by atoms with van der Waals surface area (Å²) in [6.45, 7) is 0.425. The summed E-state index contributed by atoms with van der Waals surface area (Å²) in [5.41, 5.74) is 4.68. The molecule has 154 valence electrons. The predicted octanol–water partition coefficient (Wildman–Crippen LogP) is 4.70. The second-order valence-electron chi connectivity index (χ2n) is 6.29. The van der Waals surface area contributed by atoms with Crippen LogP contribution in [0, 0.1) is 0 Å². The average molecular weight is 425 g/mol. The number of benzene rings is 3. The summed E-state index contributed by atoms with van der Waals surface area (Å²) in [4.78, 5) is 12.3. The third-order valence-corrected chi connectivity index (χ3v) is 4.40. The molecule has 6 nitrogen and oxygen atoms in total. The SMILES string of the molecule is COc1cc(OC)cc(C(=O)N/N=C\c2ccc(OCc3cccc(Cl)c3)cc2)c1. The Bertz CT molecular complexity index is 1010. The minimum atomic E-state index is -0.370. The maximum Gasteiger partial charge on any atom is 0.271 e. The zero-order valence-corrected chi connectivity index (χ0v) is 17.3. The lowest BCUT2D eigenvalue weighted by molar-refractivity contribution is 0.0954. The molecule has 0 aliphatic rings. The summed E-state index contributed by atoms with van der Waals surface area (Å²) in [7, 11) is 3.05. The molecule has 1 amide bonds. The minimum Gasteiger partial charge on any atom is -0.497 e. The molecule has 0 radical (unpaired) electrons. The van der Waals surface area contributed by atoms with Gasteiger partial charge in [0.15, 0.2) is 0 Å². The molecule has 0 fully saturated rings. The van der Waals surface area contributed by atoms with Crippen LogP contribution in [0.1, 0.15) is 21.5 Å². The van der Waals surface area contributed by atoms with E-state index in [-0.39, 0.29) is 5.91 Å². The van der Waals surface area contributed by atoms with Gasteiger partial charge in [0.1, 0.15) is 23.9 Å². The van der Waals surface area contributed by atoms with Crippen molar-refractivity contribution >= 4 is 23.7 Å². The Morgan fingerprint density at radius 3 is 2.30 bits per heavy atom. The van der Waals surface area contributed by atoms with Crippen molar-refractivity contribution in [2.45, 2.75) is 6.61 Å². The standard InChI is InChI=1S/C23H21ClN2O4/c1-28-21-11-18(12-22(13-21)29-2)23(27)26-25-14-16-6-8-20(9-7-16)30-15-17-4-3-5-19(24)10-17/h3-14H,15H2,1-2H3,(H,26,27)/b25-14-. The molecule has 0 bridgehead atoms. The lowest BCUT2D eigenvalue weighted by Gasteiger charge is -2.07. The number of ether oxygens (including phenoxy) is 3. The molecule has 3 rings (SSSR count). The summed E-state index contributed by atoms with van der Waals surface area (Å²) >= 11 is 5.97. The van der Waals surface area contributed by atoms with E-state index in [1.807, 2.05) is 48.5 Å². The van der Waals surface area contributed by atoms with E-state index in [4.69, 9.17) is 25.8 Å². The minimum absolute atomic E-state index is 0.370. The quantitative estimate of drug-likeness (QED) is 0.420.